The van der Waals surface area contributed by atoms with E-state index in [4.69, 9.17) is 0 Å². The summed E-state index contributed by atoms with van der Waals surface area (Å²) in [6.07, 6.45) is 7.35. The Labute approximate surface area is 109 Å². The molecule has 0 amide bonds. The molecule has 4 nitrogen and oxygen atoms in total. The minimum atomic E-state index is -2.89. The Kier molecular flexibility index (Phi) is 4.72. The Morgan fingerprint density at radius 3 is 2.78 bits per heavy atom. The van der Waals surface area contributed by atoms with E-state index in [0.717, 1.165) is 31.2 Å². The molecule has 5 heteroatoms. The molecule has 0 unspecified atom stereocenters. The van der Waals surface area contributed by atoms with Gasteiger partial charge in [-0.1, -0.05) is 18.9 Å². The smallest absolute Gasteiger partial charge is 0.154 e. The van der Waals surface area contributed by atoms with Crippen LogP contribution in [-0.4, -0.2) is 30.9 Å². The van der Waals surface area contributed by atoms with Gasteiger partial charge in [0, 0.05) is 25.5 Å². The van der Waals surface area contributed by atoms with Gasteiger partial charge in [-0.25, -0.2) is 8.42 Å². The van der Waals surface area contributed by atoms with Crippen molar-refractivity contribution in [1.29, 1.82) is 0 Å². The first-order chi connectivity index (χ1) is 8.68. The second-order valence-electron chi connectivity index (χ2n) is 4.81. The number of rotatable bonds is 6. The normalized spacial score (nSPS) is 17.1. The van der Waals surface area contributed by atoms with E-state index in [1.807, 2.05) is 12.1 Å². The van der Waals surface area contributed by atoms with Crippen LogP contribution < -0.4 is 5.32 Å². The molecule has 0 aromatic carbocycles. The largest absolute Gasteiger partial charge is 0.312 e. The second-order valence-corrected chi connectivity index (χ2v) is 7.21. The summed E-state index contributed by atoms with van der Waals surface area (Å²) in [5.74, 6) is 0.248. The first-order valence-corrected chi connectivity index (χ1v) is 8.21. The Bertz CT molecular complexity index is 453. The SMILES string of the molecule is O=S(=O)(CCNCc1cccnc1)C1CCCC1. The lowest BCUT2D eigenvalue weighted by Crippen LogP contribution is -2.28. The standard InChI is InChI=1S/C13H20N2O2S/c16-18(17,13-5-1-2-6-13)9-8-15-11-12-4-3-7-14-10-12/h3-4,7,10,13,15H,1-2,5-6,8-9,11H2. The zero-order chi connectivity index (χ0) is 12.8. The average molecular weight is 268 g/mol. The summed E-state index contributed by atoms with van der Waals surface area (Å²) >= 11 is 0. The van der Waals surface area contributed by atoms with E-state index in [1.54, 1.807) is 12.4 Å². The van der Waals surface area contributed by atoms with E-state index < -0.39 is 9.84 Å². The lowest BCUT2D eigenvalue weighted by atomic mass is 10.3. The second kappa shape index (κ2) is 6.29. The van der Waals surface area contributed by atoms with E-state index >= 15 is 0 Å². The molecule has 0 atom stereocenters. The number of nitrogens with zero attached hydrogens (tertiary/aromatic N) is 1. The van der Waals surface area contributed by atoms with Crippen molar-refractivity contribution in [3.63, 3.8) is 0 Å². The minimum absolute atomic E-state index is 0.0855. The van der Waals surface area contributed by atoms with Gasteiger partial charge >= 0.3 is 0 Å². The first-order valence-electron chi connectivity index (χ1n) is 6.50. The molecule has 0 radical (unpaired) electrons. The van der Waals surface area contributed by atoms with Gasteiger partial charge in [-0.05, 0) is 24.5 Å². The average Bonchev–Trinajstić information content (AvgIpc) is 2.91. The Hall–Kier alpha value is -0.940. The Morgan fingerprint density at radius 1 is 1.33 bits per heavy atom. The highest BCUT2D eigenvalue weighted by Crippen LogP contribution is 2.24. The van der Waals surface area contributed by atoms with Gasteiger partial charge in [-0.3, -0.25) is 4.98 Å². The molecule has 1 aromatic rings. The topological polar surface area (TPSA) is 59.1 Å². The predicted octanol–water partition coefficient (Wildman–Crippen LogP) is 1.53. The predicted molar refractivity (Wildman–Crippen MR) is 72.0 cm³/mol. The van der Waals surface area contributed by atoms with Crippen molar-refractivity contribution in [1.82, 2.24) is 10.3 Å². The van der Waals surface area contributed by atoms with E-state index in [2.05, 4.69) is 10.3 Å². The van der Waals surface area contributed by atoms with Crippen molar-refractivity contribution in [3.05, 3.63) is 30.1 Å². The molecule has 1 aromatic heterocycles. The number of pyridine rings is 1. The van der Waals surface area contributed by atoms with Gasteiger partial charge < -0.3 is 5.32 Å². The Morgan fingerprint density at radius 2 is 2.11 bits per heavy atom. The van der Waals surface area contributed by atoms with Crippen LogP contribution >= 0.6 is 0 Å². The highest BCUT2D eigenvalue weighted by molar-refractivity contribution is 7.92. The summed E-state index contributed by atoms with van der Waals surface area (Å²) in [4.78, 5) is 4.02. The van der Waals surface area contributed by atoms with Crippen LogP contribution in [0.1, 0.15) is 31.2 Å². The molecule has 0 bridgehead atoms. The van der Waals surface area contributed by atoms with Crippen LogP contribution in [0.25, 0.3) is 0 Å². The molecule has 1 fully saturated rings. The third kappa shape index (κ3) is 3.78. The number of sulfone groups is 1. The Balaban J connectivity index is 1.72. The molecule has 1 aliphatic carbocycles. The maximum atomic E-state index is 12.0. The van der Waals surface area contributed by atoms with Crippen molar-refractivity contribution in [3.8, 4) is 0 Å². The third-order valence-electron chi connectivity index (χ3n) is 3.43. The van der Waals surface area contributed by atoms with Crippen LogP contribution in [0.15, 0.2) is 24.5 Å². The molecule has 0 aliphatic heterocycles. The fourth-order valence-corrected chi connectivity index (χ4v) is 4.18. The van der Waals surface area contributed by atoms with E-state index in [-0.39, 0.29) is 11.0 Å². The fourth-order valence-electron chi connectivity index (χ4n) is 2.36. The van der Waals surface area contributed by atoms with E-state index in [1.165, 1.54) is 0 Å². The highest BCUT2D eigenvalue weighted by atomic mass is 32.2. The van der Waals surface area contributed by atoms with Crippen LogP contribution in [0, 0.1) is 0 Å². The van der Waals surface area contributed by atoms with Gasteiger partial charge in [0.25, 0.3) is 0 Å². The van der Waals surface area contributed by atoms with E-state index in [9.17, 15) is 8.42 Å². The molecular formula is C13H20N2O2S. The molecule has 0 spiro atoms. The number of hydrogen-bond donors (Lipinski definition) is 1. The molecule has 2 rings (SSSR count). The van der Waals surface area contributed by atoms with Gasteiger partial charge in [-0.15, -0.1) is 0 Å². The third-order valence-corrected chi connectivity index (χ3v) is 5.69. The number of aromatic nitrogens is 1. The van der Waals surface area contributed by atoms with Gasteiger partial charge in [0.2, 0.25) is 0 Å². The quantitative estimate of drug-likeness (QED) is 0.795. The summed E-state index contributed by atoms with van der Waals surface area (Å²) in [5.41, 5.74) is 1.08. The van der Waals surface area contributed by atoms with Crippen LogP contribution in [0.5, 0.6) is 0 Å². The maximum Gasteiger partial charge on any atom is 0.154 e. The molecule has 1 saturated carbocycles. The summed E-state index contributed by atoms with van der Waals surface area (Å²) in [6, 6.07) is 3.86. The van der Waals surface area contributed by atoms with Crippen molar-refractivity contribution >= 4 is 9.84 Å². The van der Waals surface area contributed by atoms with Crippen LogP contribution in [-0.2, 0) is 16.4 Å². The zero-order valence-electron chi connectivity index (χ0n) is 10.5. The number of hydrogen-bond acceptors (Lipinski definition) is 4. The maximum absolute atomic E-state index is 12.0. The van der Waals surface area contributed by atoms with Crippen LogP contribution in [0.4, 0.5) is 0 Å². The van der Waals surface area contributed by atoms with Crippen molar-refractivity contribution in [2.75, 3.05) is 12.3 Å². The summed E-state index contributed by atoms with van der Waals surface area (Å²) in [6.45, 7) is 1.20. The lowest BCUT2D eigenvalue weighted by molar-refractivity contribution is 0.574. The van der Waals surface area contributed by atoms with Crippen LogP contribution in [0.3, 0.4) is 0 Å². The molecule has 0 saturated heterocycles. The molecule has 1 heterocycles. The van der Waals surface area contributed by atoms with Gasteiger partial charge in [0.15, 0.2) is 9.84 Å². The van der Waals surface area contributed by atoms with Crippen LogP contribution in [0.2, 0.25) is 0 Å². The van der Waals surface area contributed by atoms with E-state index in [0.29, 0.717) is 13.1 Å². The molecule has 1 N–H and O–H groups in total. The van der Waals surface area contributed by atoms with Crippen molar-refractivity contribution in [2.24, 2.45) is 0 Å². The first kappa shape index (κ1) is 13.5. The molecule has 100 valence electrons. The molecule has 1 aliphatic rings. The summed E-state index contributed by atoms with van der Waals surface area (Å²) in [5, 5.41) is 3.08. The number of nitrogens with one attached hydrogen (secondary N) is 1. The summed E-state index contributed by atoms with van der Waals surface area (Å²) < 4.78 is 24.0. The molecule has 18 heavy (non-hydrogen) atoms. The zero-order valence-corrected chi connectivity index (χ0v) is 11.3. The minimum Gasteiger partial charge on any atom is -0.312 e. The van der Waals surface area contributed by atoms with Gasteiger partial charge in [0.05, 0.1) is 11.0 Å². The highest BCUT2D eigenvalue weighted by Gasteiger charge is 2.27. The summed E-state index contributed by atoms with van der Waals surface area (Å²) in [7, 11) is -2.89. The van der Waals surface area contributed by atoms with Gasteiger partial charge in [0.1, 0.15) is 0 Å². The monoisotopic (exact) mass is 268 g/mol. The lowest BCUT2D eigenvalue weighted by Gasteiger charge is -2.11. The van der Waals surface area contributed by atoms with Crippen molar-refractivity contribution < 1.29 is 8.42 Å². The van der Waals surface area contributed by atoms with Gasteiger partial charge in [-0.2, -0.15) is 0 Å². The van der Waals surface area contributed by atoms with Crippen molar-refractivity contribution in [2.45, 2.75) is 37.5 Å². The fraction of sp³-hybridized carbons (Fsp3) is 0.615. The molecular weight excluding hydrogens is 248 g/mol.